The minimum absolute atomic E-state index is 0.698. The summed E-state index contributed by atoms with van der Waals surface area (Å²) in [5.74, 6) is 0.855. The molecule has 0 saturated heterocycles. The van der Waals surface area contributed by atoms with E-state index in [1.165, 1.54) is 31.2 Å². The third-order valence-electron chi connectivity index (χ3n) is 4.06. The van der Waals surface area contributed by atoms with Gasteiger partial charge in [-0.1, -0.05) is 37.4 Å². The Morgan fingerprint density at radius 3 is 2.83 bits per heavy atom. The fourth-order valence-electron chi connectivity index (χ4n) is 2.91. The lowest BCUT2D eigenvalue weighted by Gasteiger charge is -2.34. The molecule has 1 aliphatic rings. The number of anilines is 1. The lowest BCUT2D eigenvalue weighted by Crippen LogP contribution is -2.35. The van der Waals surface area contributed by atoms with Crippen LogP contribution in [0, 0.1) is 5.92 Å². The molecule has 0 spiro atoms. The lowest BCUT2D eigenvalue weighted by molar-refractivity contribution is 0.158. The van der Waals surface area contributed by atoms with Crippen molar-refractivity contribution >= 4 is 17.3 Å². The minimum atomic E-state index is 0.698. The molecule has 18 heavy (non-hydrogen) atoms. The quantitative estimate of drug-likeness (QED) is 0.840. The van der Waals surface area contributed by atoms with E-state index in [0.29, 0.717) is 11.1 Å². The molecule has 0 amide bonds. The smallest absolute Gasteiger partial charge is 0.0426 e. The topological polar surface area (TPSA) is 29.3 Å². The zero-order chi connectivity index (χ0) is 13.1. The van der Waals surface area contributed by atoms with Gasteiger partial charge in [0.25, 0.3) is 0 Å². The molecule has 0 radical (unpaired) electrons. The summed E-state index contributed by atoms with van der Waals surface area (Å²) in [5.41, 5.74) is 8.00. The van der Waals surface area contributed by atoms with E-state index in [4.69, 9.17) is 17.3 Å². The fourth-order valence-corrected chi connectivity index (χ4v) is 3.09. The van der Waals surface area contributed by atoms with Crippen molar-refractivity contribution in [3.8, 4) is 0 Å². The first-order chi connectivity index (χ1) is 8.56. The van der Waals surface area contributed by atoms with Gasteiger partial charge in [0, 0.05) is 23.3 Å². The van der Waals surface area contributed by atoms with Crippen molar-refractivity contribution in [1.29, 1.82) is 0 Å². The number of nitrogens with zero attached hydrogens (tertiary/aromatic N) is 1. The summed E-state index contributed by atoms with van der Waals surface area (Å²) in [4.78, 5) is 2.44. The highest BCUT2D eigenvalue weighted by atomic mass is 35.5. The molecule has 100 valence electrons. The van der Waals surface area contributed by atoms with E-state index in [1.807, 2.05) is 18.2 Å². The molecule has 2 rings (SSSR count). The molecule has 0 heterocycles. The van der Waals surface area contributed by atoms with Crippen LogP contribution in [0.25, 0.3) is 0 Å². The number of hydrogen-bond donors (Lipinski definition) is 1. The van der Waals surface area contributed by atoms with Crippen molar-refractivity contribution in [3.63, 3.8) is 0 Å². The van der Waals surface area contributed by atoms with Gasteiger partial charge in [0.1, 0.15) is 0 Å². The lowest BCUT2D eigenvalue weighted by atomic mass is 9.86. The van der Waals surface area contributed by atoms with E-state index >= 15 is 0 Å². The summed E-state index contributed by atoms with van der Waals surface area (Å²) in [6, 6.07) is 6.50. The van der Waals surface area contributed by atoms with Crippen molar-refractivity contribution in [2.24, 2.45) is 5.92 Å². The van der Waals surface area contributed by atoms with Crippen LogP contribution in [0.5, 0.6) is 0 Å². The van der Waals surface area contributed by atoms with Crippen LogP contribution >= 0.6 is 11.6 Å². The standard InChI is InChI=1S/C15H23ClN2/c1-11-4-3-5-14(8-11)18(2)10-12-6-7-13(16)9-15(12)17/h6-7,9,11,14H,3-5,8,10,17H2,1-2H3. The second-order valence-corrected chi connectivity index (χ2v) is 6.12. The average Bonchev–Trinajstić information content (AvgIpc) is 2.32. The molecule has 2 nitrogen and oxygen atoms in total. The van der Waals surface area contributed by atoms with Crippen LogP contribution < -0.4 is 5.73 Å². The molecule has 1 saturated carbocycles. The molecular weight excluding hydrogens is 244 g/mol. The second kappa shape index (κ2) is 5.94. The molecule has 2 atom stereocenters. The van der Waals surface area contributed by atoms with Crippen molar-refractivity contribution < 1.29 is 0 Å². The minimum Gasteiger partial charge on any atom is -0.398 e. The molecule has 2 unspecified atom stereocenters. The maximum Gasteiger partial charge on any atom is 0.0426 e. The number of hydrogen-bond acceptors (Lipinski definition) is 2. The fraction of sp³-hybridized carbons (Fsp3) is 0.600. The molecule has 0 aromatic heterocycles. The monoisotopic (exact) mass is 266 g/mol. The molecule has 1 fully saturated rings. The van der Waals surface area contributed by atoms with E-state index in [-0.39, 0.29) is 0 Å². The van der Waals surface area contributed by atoms with Gasteiger partial charge >= 0.3 is 0 Å². The summed E-state index contributed by atoms with van der Waals surface area (Å²) >= 11 is 5.93. The van der Waals surface area contributed by atoms with Crippen molar-refractivity contribution in [2.75, 3.05) is 12.8 Å². The number of halogens is 1. The molecule has 2 N–H and O–H groups in total. The summed E-state index contributed by atoms with van der Waals surface area (Å²) < 4.78 is 0. The van der Waals surface area contributed by atoms with Crippen LogP contribution in [0.3, 0.4) is 0 Å². The Kier molecular flexibility index (Phi) is 4.52. The molecule has 0 bridgehead atoms. The molecule has 1 aromatic rings. The largest absolute Gasteiger partial charge is 0.398 e. The summed E-state index contributed by atoms with van der Waals surface area (Å²) in [6.45, 7) is 3.27. The Labute approximate surface area is 115 Å². The maximum atomic E-state index is 6.02. The zero-order valence-electron chi connectivity index (χ0n) is 11.3. The Hall–Kier alpha value is -0.730. The van der Waals surface area contributed by atoms with Gasteiger partial charge in [-0.25, -0.2) is 0 Å². The van der Waals surface area contributed by atoms with E-state index in [9.17, 15) is 0 Å². The zero-order valence-corrected chi connectivity index (χ0v) is 12.1. The van der Waals surface area contributed by atoms with Crippen molar-refractivity contribution in [1.82, 2.24) is 4.90 Å². The van der Waals surface area contributed by atoms with Gasteiger partial charge < -0.3 is 5.73 Å². The predicted octanol–water partition coefficient (Wildman–Crippen LogP) is 3.93. The van der Waals surface area contributed by atoms with Gasteiger partial charge in [-0.3, -0.25) is 4.90 Å². The third kappa shape index (κ3) is 3.39. The van der Waals surface area contributed by atoms with Gasteiger partial charge in [0.15, 0.2) is 0 Å². The first kappa shape index (κ1) is 13.7. The first-order valence-corrected chi connectivity index (χ1v) is 7.18. The summed E-state index contributed by atoms with van der Waals surface area (Å²) in [7, 11) is 2.21. The van der Waals surface area contributed by atoms with Crippen LogP contribution in [-0.2, 0) is 6.54 Å². The van der Waals surface area contributed by atoms with Crippen molar-refractivity contribution in [3.05, 3.63) is 28.8 Å². The van der Waals surface area contributed by atoms with E-state index in [1.54, 1.807) is 0 Å². The normalized spacial score (nSPS) is 24.4. The molecule has 3 heteroatoms. The number of rotatable bonds is 3. The van der Waals surface area contributed by atoms with Gasteiger partial charge in [-0.15, -0.1) is 0 Å². The van der Waals surface area contributed by atoms with Crippen LogP contribution in [0.4, 0.5) is 5.69 Å². The first-order valence-electron chi connectivity index (χ1n) is 6.80. The highest BCUT2D eigenvalue weighted by Crippen LogP contribution is 2.28. The summed E-state index contributed by atoms with van der Waals surface area (Å²) in [6.07, 6.45) is 5.36. The van der Waals surface area contributed by atoms with Crippen molar-refractivity contribution in [2.45, 2.75) is 45.2 Å². The number of nitrogens with two attached hydrogens (primary N) is 1. The Balaban J connectivity index is 1.99. The van der Waals surface area contributed by atoms with Gasteiger partial charge in [0.05, 0.1) is 0 Å². The van der Waals surface area contributed by atoms with Gasteiger partial charge in [-0.2, -0.15) is 0 Å². The number of benzene rings is 1. The molecular formula is C15H23ClN2. The Morgan fingerprint density at radius 1 is 1.39 bits per heavy atom. The highest BCUT2D eigenvalue weighted by molar-refractivity contribution is 6.30. The molecule has 0 aliphatic heterocycles. The molecule has 1 aromatic carbocycles. The van der Waals surface area contributed by atoms with Crippen LogP contribution in [0.2, 0.25) is 5.02 Å². The van der Waals surface area contributed by atoms with E-state index < -0.39 is 0 Å². The Morgan fingerprint density at radius 2 is 2.17 bits per heavy atom. The highest BCUT2D eigenvalue weighted by Gasteiger charge is 2.22. The predicted molar refractivity (Wildman–Crippen MR) is 78.8 cm³/mol. The van der Waals surface area contributed by atoms with Gasteiger partial charge in [-0.05, 0) is 43.5 Å². The van der Waals surface area contributed by atoms with Crippen LogP contribution in [-0.4, -0.2) is 18.0 Å². The molecule has 1 aliphatic carbocycles. The summed E-state index contributed by atoms with van der Waals surface area (Å²) in [5, 5.41) is 0.713. The SMILES string of the molecule is CC1CCCC(N(C)Cc2ccc(Cl)cc2N)C1. The van der Waals surface area contributed by atoms with E-state index in [0.717, 1.165) is 18.2 Å². The number of nitrogen functional groups attached to an aromatic ring is 1. The maximum absolute atomic E-state index is 6.02. The van der Waals surface area contributed by atoms with E-state index in [2.05, 4.69) is 18.9 Å². The second-order valence-electron chi connectivity index (χ2n) is 5.68. The third-order valence-corrected chi connectivity index (χ3v) is 4.29. The average molecular weight is 267 g/mol. The van der Waals surface area contributed by atoms with Crippen LogP contribution in [0.1, 0.15) is 38.2 Å². The van der Waals surface area contributed by atoms with Crippen LogP contribution in [0.15, 0.2) is 18.2 Å². The van der Waals surface area contributed by atoms with Gasteiger partial charge in [0.2, 0.25) is 0 Å². The Bertz CT molecular complexity index is 405.